The van der Waals surface area contributed by atoms with Crippen LogP contribution in [0.1, 0.15) is 21.5 Å². The van der Waals surface area contributed by atoms with Crippen LogP contribution in [-0.4, -0.2) is 19.2 Å². The van der Waals surface area contributed by atoms with Crippen molar-refractivity contribution in [3.05, 3.63) is 63.9 Å². The second-order valence-electron chi connectivity index (χ2n) is 4.78. The molecular formula is C16H11ClF4N2O2. The molecule has 0 saturated heterocycles. The second-order valence-corrected chi connectivity index (χ2v) is 5.21. The topological polar surface area (TPSA) is 50.7 Å². The Labute approximate surface area is 145 Å². The highest BCUT2D eigenvalue weighted by Gasteiger charge is 2.31. The third-order valence-electron chi connectivity index (χ3n) is 3.10. The van der Waals surface area contributed by atoms with Crippen LogP contribution in [0.5, 0.6) is 5.75 Å². The van der Waals surface area contributed by atoms with Crippen LogP contribution < -0.4 is 10.2 Å². The zero-order chi connectivity index (χ0) is 18.6. The number of nitrogens with one attached hydrogen (secondary N) is 1. The fourth-order valence-corrected chi connectivity index (χ4v) is 2.06. The molecule has 0 unspecified atom stereocenters. The Balaban J connectivity index is 2.14. The molecule has 0 bridgehead atoms. The largest absolute Gasteiger partial charge is 0.496 e. The minimum absolute atomic E-state index is 0.0973. The number of nitrogens with zero attached hydrogens (tertiary/aromatic N) is 1. The van der Waals surface area contributed by atoms with Crippen molar-refractivity contribution < 1.29 is 27.1 Å². The van der Waals surface area contributed by atoms with E-state index in [1.807, 2.05) is 0 Å². The maximum Gasteiger partial charge on any atom is 0.416 e. The van der Waals surface area contributed by atoms with Crippen molar-refractivity contribution in [2.75, 3.05) is 7.11 Å². The number of rotatable bonds is 4. The molecule has 4 nitrogen and oxygen atoms in total. The molecule has 1 N–H and O–H groups in total. The van der Waals surface area contributed by atoms with Gasteiger partial charge in [-0.25, -0.2) is 9.82 Å². The quantitative estimate of drug-likeness (QED) is 0.493. The number of hydrazone groups is 1. The molecular weight excluding hydrogens is 364 g/mol. The van der Waals surface area contributed by atoms with E-state index in [1.54, 1.807) is 0 Å². The first kappa shape index (κ1) is 18.7. The summed E-state index contributed by atoms with van der Waals surface area (Å²) in [4.78, 5) is 12.0. The number of benzene rings is 2. The van der Waals surface area contributed by atoms with E-state index < -0.39 is 23.5 Å². The van der Waals surface area contributed by atoms with Crippen molar-refractivity contribution in [2.24, 2.45) is 5.10 Å². The number of carbonyl (C=O) groups excluding carboxylic acids is 1. The third-order valence-corrected chi connectivity index (χ3v) is 3.34. The molecule has 0 radical (unpaired) electrons. The monoisotopic (exact) mass is 374 g/mol. The molecule has 0 aliphatic rings. The fourth-order valence-electron chi connectivity index (χ4n) is 1.89. The Morgan fingerprint density at radius 1 is 1.24 bits per heavy atom. The lowest BCUT2D eigenvalue weighted by molar-refractivity contribution is -0.137. The summed E-state index contributed by atoms with van der Waals surface area (Å²) in [5.74, 6) is -1.55. The van der Waals surface area contributed by atoms with Crippen molar-refractivity contribution in [3.8, 4) is 5.75 Å². The summed E-state index contributed by atoms with van der Waals surface area (Å²) in [6.45, 7) is 0. The molecule has 2 rings (SSSR count). The Kier molecular flexibility index (Phi) is 5.63. The zero-order valence-electron chi connectivity index (χ0n) is 12.7. The number of halogens is 5. The minimum Gasteiger partial charge on any atom is -0.496 e. The molecule has 2 aromatic rings. The summed E-state index contributed by atoms with van der Waals surface area (Å²) in [6, 6.07) is 6.33. The summed E-state index contributed by atoms with van der Waals surface area (Å²) in [6.07, 6.45) is -3.75. The van der Waals surface area contributed by atoms with E-state index in [4.69, 9.17) is 16.3 Å². The first-order chi connectivity index (χ1) is 11.7. The zero-order valence-corrected chi connectivity index (χ0v) is 13.5. The van der Waals surface area contributed by atoms with Gasteiger partial charge in [0.05, 0.1) is 24.5 Å². The summed E-state index contributed by atoms with van der Waals surface area (Å²) >= 11 is 5.80. The van der Waals surface area contributed by atoms with Gasteiger partial charge in [-0.3, -0.25) is 4.79 Å². The van der Waals surface area contributed by atoms with Crippen molar-refractivity contribution in [1.29, 1.82) is 0 Å². The number of carbonyl (C=O) groups is 1. The molecule has 0 aliphatic heterocycles. The van der Waals surface area contributed by atoms with Gasteiger partial charge in [0, 0.05) is 10.6 Å². The van der Waals surface area contributed by atoms with Gasteiger partial charge in [-0.05, 0) is 36.4 Å². The number of hydrogen-bond donors (Lipinski definition) is 1. The van der Waals surface area contributed by atoms with Crippen LogP contribution in [-0.2, 0) is 6.18 Å². The molecule has 0 fully saturated rings. The van der Waals surface area contributed by atoms with Gasteiger partial charge in [-0.2, -0.15) is 18.3 Å². The Morgan fingerprint density at radius 2 is 1.96 bits per heavy atom. The average Bonchev–Trinajstić information content (AvgIpc) is 2.55. The fraction of sp³-hybridized carbons (Fsp3) is 0.125. The van der Waals surface area contributed by atoms with Gasteiger partial charge >= 0.3 is 6.18 Å². The minimum atomic E-state index is -4.64. The third kappa shape index (κ3) is 4.69. The van der Waals surface area contributed by atoms with Crippen LogP contribution in [0.4, 0.5) is 17.6 Å². The predicted molar refractivity (Wildman–Crippen MR) is 84.5 cm³/mol. The second kappa shape index (κ2) is 7.52. The number of alkyl halides is 3. The molecule has 132 valence electrons. The van der Waals surface area contributed by atoms with E-state index >= 15 is 0 Å². The molecule has 1 amide bonds. The molecule has 0 atom stereocenters. The summed E-state index contributed by atoms with van der Waals surface area (Å²) in [5.41, 5.74) is 0.889. The van der Waals surface area contributed by atoms with Crippen LogP contribution >= 0.6 is 11.6 Å². The van der Waals surface area contributed by atoms with Crippen LogP contribution in [0, 0.1) is 5.82 Å². The van der Waals surface area contributed by atoms with E-state index in [0.717, 1.165) is 12.3 Å². The number of methoxy groups -OCH3 is 1. The highest BCUT2D eigenvalue weighted by atomic mass is 35.5. The highest BCUT2D eigenvalue weighted by Crippen LogP contribution is 2.30. The average molecular weight is 375 g/mol. The standard InChI is InChI=1S/C16H11ClF4N2O2/c1-25-14-5-4-11(17)7-12(14)15(24)23-22-8-9-2-3-10(6-13(9)18)16(19,20)21/h2-8H,1H3,(H,23,24)/b22-8+. The lowest BCUT2D eigenvalue weighted by Gasteiger charge is -2.08. The molecule has 0 spiro atoms. The van der Waals surface area contributed by atoms with Gasteiger partial charge in [0.2, 0.25) is 0 Å². The molecule has 0 heterocycles. The van der Waals surface area contributed by atoms with E-state index in [-0.39, 0.29) is 16.9 Å². The van der Waals surface area contributed by atoms with Crippen molar-refractivity contribution in [1.82, 2.24) is 5.43 Å². The van der Waals surface area contributed by atoms with Crippen molar-refractivity contribution in [2.45, 2.75) is 6.18 Å². The van der Waals surface area contributed by atoms with Crippen molar-refractivity contribution >= 4 is 23.7 Å². The molecule has 0 aliphatic carbocycles. The van der Waals surface area contributed by atoms with E-state index in [9.17, 15) is 22.4 Å². The number of ether oxygens (including phenoxy) is 1. The normalized spacial score (nSPS) is 11.6. The van der Waals surface area contributed by atoms with Crippen LogP contribution in [0.15, 0.2) is 41.5 Å². The number of amides is 1. The predicted octanol–water partition coefficient (Wildman–Crippen LogP) is 4.27. The van der Waals surface area contributed by atoms with Crippen molar-refractivity contribution in [3.63, 3.8) is 0 Å². The number of hydrogen-bond acceptors (Lipinski definition) is 3. The molecule has 0 aromatic heterocycles. The van der Waals surface area contributed by atoms with Gasteiger partial charge in [0.25, 0.3) is 5.91 Å². The lowest BCUT2D eigenvalue weighted by Crippen LogP contribution is -2.18. The van der Waals surface area contributed by atoms with Gasteiger partial charge in [-0.1, -0.05) is 11.6 Å². The van der Waals surface area contributed by atoms with Gasteiger partial charge in [-0.15, -0.1) is 0 Å². The van der Waals surface area contributed by atoms with E-state index in [1.165, 1.54) is 25.3 Å². The Morgan fingerprint density at radius 3 is 2.56 bits per heavy atom. The summed E-state index contributed by atoms with van der Waals surface area (Å²) in [7, 11) is 1.36. The summed E-state index contributed by atoms with van der Waals surface area (Å²) < 4.78 is 56.1. The summed E-state index contributed by atoms with van der Waals surface area (Å²) in [5, 5.41) is 3.83. The van der Waals surface area contributed by atoms with Gasteiger partial charge in [0.15, 0.2) is 0 Å². The van der Waals surface area contributed by atoms with Gasteiger partial charge in [0.1, 0.15) is 11.6 Å². The molecule has 0 saturated carbocycles. The Bertz CT molecular complexity index is 822. The first-order valence-corrected chi connectivity index (χ1v) is 7.14. The van der Waals surface area contributed by atoms with Gasteiger partial charge < -0.3 is 4.74 Å². The smallest absolute Gasteiger partial charge is 0.416 e. The van der Waals surface area contributed by atoms with Crippen LogP contribution in [0.25, 0.3) is 0 Å². The highest BCUT2D eigenvalue weighted by molar-refractivity contribution is 6.31. The Hall–Kier alpha value is -2.61. The van der Waals surface area contributed by atoms with Crippen LogP contribution in [0.3, 0.4) is 0 Å². The van der Waals surface area contributed by atoms with E-state index in [2.05, 4.69) is 10.5 Å². The first-order valence-electron chi connectivity index (χ1n) is 6.76. The maximum absolute atomic E-state index is 13.7. The molecule has 2 aromatic carbocycles. The van der Waals surface area contributed by atoms with Crippen LogP contribution in [0.2, 0.25) is 5.02 Å². The molecule has 9 heteroatoms. The lowest BCUT2D eigenvalue weighted by atomic mass is 10.1. The maximum atomic E-state index is 13.7. The van der Waals surface area contributed by atoms with E-state index in [0.29, 0.717) is 17.2 Å². The molecule has 25 heavy (non-hydrogen) atoms. The SMILES string of the molecule is COc1ccc(Cl)cc1C(=O)N/N=C/c1ccc(C(F)(F)F)cc1F.